The second-order valence-corrected chi connectivity index (χ2v) is 13.1. The van der Waals surface area contributed by atoms with E-state index in [-0.39, 0.29) is 17.3 Å². The molecule has 0 aromatic heterocycles. The lowest BCUT2D eigenvalue weighted by atomic mass is 10.1. The Morgan fingerprint density at radius 1 is 0.923 bits per heavy atom. The lowest BCUT2D eigenvalue weighted by molar-refractivity contribution is -0.140. The average Bonchev–Trinajstić information content (AvgIpc) is 2.85. The van der Waals surface area contributed by atoms with Gasteiger partial charge in [0.1, 0.15) is 12.6 Å². The molecule has 0 aliphatic carbocycles. The third kappa shape index (κ3) is 7.97. The van der Waals surface area contributed by atoms with Gasteiger partial charge >= 0.3 is 0 Å². The molecule has 0 saturated heterocycles. The summed E-state index contributed by atoms with van der Waals surface area (Å²) >= 11 is 12.3. The van der Waals surface area contributed by atoms with Crippen molar-refractivity contribution in [3.63, 3.8) is 0 Å². The van der Waals surface area contributed by atoms with Gasteiger partial charge in [-0.3, -0.25) is 13.9 Å². The molecular formula is C29H33Cl2N3O4S. The zero-order chi connectivity index (χ0) is 29.0. The fourth-order valence-corrected chi connectivity index (χ4v) is 5.96. The number of nitrogens with one attached hydrogen (secondary N) is 1. The van der Waals surface area contributed by atoms with Gasteiger partial charge in [0, 0.05) is 22.1 Å². The summed E-state index contributed by atoms with van der Waals surface area (Å²) in [5, 5.41) is 3.83. The first-order chi connectivity index (χ1) is 18.2. The van der Waals surface area contributed by atoms with Gasteiger partial charge in [-0.25, -0.2) is 8.42 Å². The first-order valence-electron chi connectivity index (χ1n) is 12.4. The van der Waals surface area contributed by atoms with Crippen molar-refractivity contribution in [3.05, 3.63) is 94.0 Å². The van der Waals surface area contributed by atoms with Crippen LogP contribution in [0.2, 0.25) is 10.0 Å². The number of amides is 2. The Morgan fingerprint density at radius 3 is 2.15 bits per heavy atom. The molecule has 0 fully saturated rings. The van der Waals surface area contributed by atoms with E-state index >= 15 is 0 Å². The van der Waals surface area contributed by atoms with Gasteiger partial charge < -0.3 is 10.2 Å². The van der Waals surface area contributed by atoms with Gasteiger partial charge in [-0.15, -0.1) is 0 Å². The smallest absolute Gasteiger partial charge is 0.264 e. The molecule has 0 aliphatic rings. The van der Waals surface area contributed by atoms with E-state index in [9.17, 15) is 18.0 Å². The Hall–Kier alpha value is -3.07. The van der Waals surface area contributed by atoms with E-state index in [4.69, 9.17) is 23.2 Å². The summed E-state index contributed by atoms with van der Waals surface area (Å²) in [6, 6.07) is 18.7. The number of anilines is 1. The predicted octanol–water partition coefficient (Wildman–Crippen LogP) is 5.83. The first kappa shape index (κ1) is 30.5. The average molecular weight is 591 g/mol. The summed E-state index contributed by atoms with van der Waals surface area (Å²) in [6.45, 7) is 8.40. The zero-order valence-electron chi connectivity index (χ0n) is 22.6. The van der Waals surface area contributed by atoms with Crippen molar-refractivity contribution in [1.29, 1.82) is 0 Å². The summed E-state index contributed by atoms with van der Waals surface area (Å²) in [5.41, 5.74) is 1.06. The molecule has 0 heterocycles. The lowest BCUT2D eigenvalue weighted by Gasteiger charge is -2.34. The molecule has 0 radical (unpaired) electrons. The van der Waals surface area contributed by atoms with Crippen LogP contribution in [0, 0.1) is 6.92 Å². The number of aryl methyl sites for hydroxylation is 1. The third-order valence-electron chi connectivity index (χ3n) is 5.95. The first-order valence-corrected chi connectivity index (χ1v) is 14.6. The molecule has 3 rings (SSSR count). The number of carbonyl (C=O) groups excluding carboxylic acids is 2. The molecule has 2 amide bonds. The number of carbonyl (C=O) groups is 2. The fourth-order valence-electron chi connectivity index (χ4n) is 4.02. The summed E-state index contributed by atoms with van der Waals surface area (Å²) in [6.07, 6.45) is 0. The number of hydrogen-bond acceptors (Lipinski definition) is 4. The highest BCUT2D eigenvalue weighted by Crippen LogP contribution is 2.29. The second-order valence-electron chi connectivity index (χ2n) is 10.3. The van der Waals surface area contributed by atoms with E-state index in [0.29, 0.717) is 26.9 Å². The van der Waals surface area contributed by atoms with Gasteiger partial charge in [-0.05, 0) is 88.2 Å². The third-order valence-corrected chi connectivity index (χ3v) is 8.19. The summed E-state index contributed by atoms with van der Waals surface area (Å²) in [5.74, 6) is -0.918. The van der Waals surface area contributed by atoms with Gasteiger partial charge in [-0.1, -0.05) is 53.5 Å². The minimum Gasteiger partial charge on any atom is -0.350 e. The van der Waals surface area contributed by atoms with Gasteiger partial charge in [0.25, 0.3) is 10.0 Å². The van der Waals surface area contributed by atoms with E-state index in [1.807, 2.05) is 20.8 Å². The molecule has 0 unspecified atom stereocenters. The number of halogens is 2. The van der Waals surface area contributed by atoms with Crippen LogP contribution < -0.4 is 9.62 Å². The van der Waals surface area contributed by atoms with Crippen molar-refractivity contribution in [3.8, 4) is 0 Å². The largest absolute Gasteiger partial charge is 0.350 e. The van der Waals surface area contributed by atoms with E-state index < -0.39 is 34.1 Å². The van der Waals surface area contributed by atoms with Crippen LogP contribution in [0.3, 0.4) is 0 Å². The second kappa shape index (κ2) is 12.4. The molecule has 0 spiro atoms. The minimum absolute atomic E-state index is 0.0343. The van der Waals surface area contributed by atoms with Crippen LogP contribution in [0.1, 0.15) is 38.8 Å². The van der Waals surface area contributed by atoms with Crippen LogP contribution in [0.4, 0.5) is 5.69 Å². The van der Waals surface area contributed by atoms with Gasteiger partial charge in [-0.2, -0.15) is 0 Å². The van der Waals surface area contributed by atoms with E-state index in [1.54, 1.807) is 74.5 Å². The molecule has 3 aromatic rings. The highest BCUT2D eigenvalue weighted by Gasteiger charge is 2.33. The molecule has 7 nitrogen and oxygen atoms in total. The normalized spacial score (nSPS) is 12.5. The SMILES string of the molecule is Cc1cc(Cl)ccc1N(CC(=O)N(Cc1cccc(Cl)c1)[C@H](C)C(=O)NC(C)(C)C)S(=O)(=O)c1ccccc1. The molecule has 208 valence electrons. The molecule has 39 heavy (non-hydrogen) atoms. The Labute approximate surface area is 240 Å². The van der Waals surface area contributed by atoms with Gasteiger partial charge in [0.15, 0.2) is 0 Å². The maximum atomic E-state index is 14.0. The van der Waals surface area contributed by atoms with Crippen LogP contribution >= 0.6 is 23.2 Å². The molecule has 3 aromatic carbocycles. The quantitative estimate of drug-likeness (QED) is 0.340. The Balaban J connectivity index is 2.06. The Kier molecular flexibility index (Phi) is 9.69. The maximum Gasteiger partial charge on any atom is 0.264 e. The van der Waals surface area contributed by atoms with Gasteiger partial charge in [0.05, 0.1) is 10.6 Å². The van der Waals surface area contributed by atoms with Crippen LogP contribution in [0.25, 0.3) is 0 Å². The van der Waals surface area contributed by atoms with E-state index in [1.165, 1.54) is 17.0 Å². The Morgan fingerprint density at radius 2 is 1.56 bits per heavy atom. The van der Waals surface area contributed by atoms with E-state index in [2.05, 4.69) is 5.32 Å². The molecule has 0 aliphatic heterocycles. The van der Waals surface area contributed by atoms with E-state index in [0.717, 1.165) is 4.31 Å². The van der Waals surface area contributed by atoms with Crippen molar-refractivity contribution >= 4 is 50.7 Å². The number of rotatable bonds is 9. The molecule has 1 atom stereocenters. The van der Waals surface area contributed by atoms with Crippen molar-refractivity contribution in [2.75, 3.05) is 10.8 Å². The minimum atomic E-state index is -4.15. The predicted molar refractivity (Wildman–Crippen MR) is 157 cm³/mol. The summed E-state index contributed by atoms with van der Waals surface area (Å²) in [7, 11) is -4.15. The maximum absolute atomic E-state index is 14.0. The van der Waals surface area contributed by atoms with Crippen molar-refractivity contribution in [1.82, 2.24) is 10.2 Å². The highest BCUT2D eigenvalue weighted by molar-refractivity contribution is 7.92. The van der Waals surface area contributed by atoms with Crippen LogP contribution in [-0.2, 0) is 26.2 Å². The van der Waals surface area contributed by atoms with Crippen molar-refractivity contribution in [2.45, 2.75) is 57.6 Å². The van der Waals surface area contributed by atoms with Crippen LogP contribution in [-0.4, -0.2) is 43.3 Å². The number of benzene rings is 3. The number of nitrogens with zero attached hydrogens (tertiary/aromatic N) is 2. The molecule has 10 heteroatoms. The van der Waals surface area contributed by atoms with Gasteiger partial charge in [0.2, 0.25) is 11.8 Å². The van der Waals surface area contributed by atoms with Crippen LogP contribution in [0.5, 0.6) is 0 Å². The molecular weight excluding hydrogens is 557 g/mol. The summed E-state index contributed by atoms with van der Waals surface area (Å²) in [4.78, 5) is 28.5. The number of sulfonamides is 1. The number of hydrogen-bond donors (Lipinski definition) is 1. The Bertz CT molecular complexity index is 1440. The van der Waals surface area contributed by atoms with Crippen LogP contribution in [0.15, 0.2) is 77.7 Å². The topological polar surface area (TPSA) is 86.8 Å². The summed E-state index contributed by atoms with van der Waals surface area (Å²) < 4.78 is 28.8. The monoisotopic (exact) mass is 589 g/mol. The molecule has 0 bridgehead atoms. The zero-order valence-corrected chi connectivity index (χ0v) is 24.9. The van der Waals surface area contributed by atoms with Crippen molar-refractivity contribution in [2.24, 2.45) is 0 Å². The fraction of sp³-hybridized carbons (Fsp3) is 0.310. The lowest BCUT2D eigenvalue weighted by Crippen LogP contribution is -2.54. The molecule has 1 N–H and O–H groups in total. The standard InChI is InChI=1S/C29H33Cl2N3O4S/c1-20-16-24(31)14-15-26(20)34(39(37,38)25-12-7-6-8-13-25)19-27(35)33(18-22-10-9-11-23(30)17-22)21(2)28(36)32-29(3,4)5/h6-17,21H,18-19H2,1-5H3,(H,32,36)/t21-/m1/s1. The molecule has 0 saturated carbocycles. The van der Waals surface area contributed by atoms with Crippen molar-refractivity contribution < 1.29 is 18.0 Å². The highest BCUT2D eigenvalue weighted by atomic mass is 35.5.